The molecule has 0 aliphatic carbocycles. The van der Waals surface area contributed by atoms with E-state index >= 15 is 0 Å². The summed E-state index contributed by atoms with van der Waals surface area (Å²) in [4.78, 5) is 10.4. The molecule has 4 nitrogen and oxygen atoms in total. The van der Waals surface area contributed by atoms with Gasteiger partial charge in [-0.3, -0.25) is 10.1 Å². The predicted molar refractivity (Wildman–Crippen MR) is 87.5 cm³/mol. The number of nitro benzene ring substituents is 1. The summed E-state index contributed by atoms with van der Waals surface area (Å²) in [5, 5.41) is 14.8. The summed E-state index contributed by atoms with van der Waals surface area (Å²) >= 11 is 9.53. The third-order valence-electron chi connectivity index (χ3n) is 3.19. The van der Waals surface area contributed by atoms with E-state index in [1.165, 1.54) is 6.07 Å². The number of nitro groups is 1. The van der Waals surface area contributed by atoms with Crippen LogP contribution in [0.5, 0.6) is 0 Å². The van der Waals surface area contributed by atoms with E-state index in [2.05, 4.69) is 21.2 Å². The summed E-state index contributed by atoms with van der Waals surface area (Å²) in [5.74, 6) is 0. The van der Waals surface area contributed by atoms with Gasteiger partial charge in [-0.1, -0.05) is 45.7 Å². The van der Waals surface area contributed by atoms with Crippen molar-refractivity contribution in [3.63, 3.8) is 0 Å². The number of rotatable bonds is 5. The quantitative estimate of drug-likeness (QED) is 0.605. The van der Waals surface area contributed by atoms with Gasteiger partial charge in [0.1, 0.15) is 0 Å². The Morgan fingerprint density at radius 2 is 2.10 bits per heavy atom. The fraction of sp³-hybridized carbons (Fsp3) is 0.200. The first-order chi connectivity index (χ1) is 9.97. The molecule has 0 aliphatic heterocycles. The van der Waals surface area contributed by atoms with E-state index in [4.69, 9.17) is 11.6 Å². The lowest BCUT2D eigenvalue weighted by Gasteiger charge is -2.15. The van der Waals surface area contributed by atoms with Gasteiger partial charge in [-0.05, 0) is 30.2 Å². The molecule has 0 fully saturated rings. The fourth-order valence-corrected chi connectivity index (χ4v) is 2.69. The summed E-state index contributed by atoms with van der Waals surface area (Å²) in [5.41, 5.74) is 1.96. The molecule has 0 bridgehead atoms. The van der Waals surface area contributed by atoms with Crippen LogP contribution < -0.4 is 5.32 Å². The molecular formula is C15H14BrClN2O2. The lowest BCUT2D eigenvalue weighted by Crippen LogP contribution is -2.18. The van der Waals surface area contributed by atoms with Crippen molar-refractivity contribution in [3.05, 3.63) is 73.2 Å². The molecule has 110 valence electrons. The van der Waals surface area contributed by atoms with E-state index in [1.807, 2.05) is 31.2 Å². The van der Waals surface area contributed by atoms with Gasteiger partial charge in [0.15, 0.2) is 0 Å². The second-order valence-corrected chi connectivity index (χ2v) is 6.01. The minimum Gasteiger partial charge on any atom is -0.306 e. The number of non-ortho nitro benzene ring substituents is 1. The van der Waals surface area contributed by atoms with Gasteiger partial charge < -0.3 is 5.32 Å². The number of hydrogen-bond acceptors (Lipinski definition) is 3. The third-order valence-corrected chi connectivity index (χ3v) is 4.04. The Hall–Kier alpha value is -1.43. The lowest BCUT2D eigenvalue weighted by atomic mass is 10.1. The fourth-order valence-electron chi connectivity index (χ4n) is 1.95. The number of hydrogen-bond donors (Lipinski definition) is 1. The molecule has 0 saturated carbocycles. The van der Waals surface area contributed by atoms with Crippen LogP contribution in [0.1, 0.15) is 24.1 Å². The highest BCUT2D eigenvalue weighted by Crippen LogP contribution is 2.23. The summed E-state index contributed by atoms with van der Waals surface area (Å²) in [6, 6.07) is 12.3. The molecule has 0 aliphatic rings. The van der Waals surface area contributed by atoms with E-state index in [-0.39, 0.29) is 16.7 Å². The Kier molecular flexibility index (Phi) is 5.33. The van der Waals surface area contributed by atoms with Crippen LogP contribution in [0, 0.1) is 10.1 Å². The van der Waals surface area contributed by atoms with Crippen LogP contribution in [0.25, 0.3) is 0 Å². The standard InChI is InChI=1S/C15H14BrClN2O2/c1-10(11-3-2-4-14(7-11)19(20)21)18-9-12-5-6-13(16)8-15(12)17/h2-8,10,18H,9H2,1H3. The number of halogens is 2. The van der Waals surface area contributed by atoms with Gasteiger partial charge in [0.2, 0.25) is 0 Å². The Labute approximate surface area is 136 Å². The van der Waals surface area contributed by atoms with Gasteiger partial charge in [0.05, 0.1) is 4.92 Å². The molecule has 0 radical (unpaired) electrons. The molecule has 1 atom stereocenters. The molecule has 0 saturated heterocycles. The van der Waals surface area contributed by atoms with Gasteiger partial charge in [-0.25, -0.2) is 0 Å². The Morgan fingerprint density at radius 3 is 2.76 bits per heavy atom. The second kappa shape index (κ2) is 7.02. The average molecular weight is 370 g/mol. The monoisotopic (exact) mass is 368 g/mol. The van der Waals surface area contributed by atoms with Gasteiger partial charge in [0.25, 0.3) is 5.69 Å². The van der Waals surface area contributed by atoms with Crippen molar-refractivity contribution < 1.29 is 4.92 Å². The molecule has 0 spiro atoms. The van der Waals surface area contributed by atoms with E-state index in [9.17, 15) is 10.1 Å². The lowest BCUT2D eigenvalue weighted by molar-refractivity contribution is -0.384. The van der Waals surface area contributed by atoms with Crippen LogP contribution in [-0.2, 0) is 6.54 Å². The molecule has 6 heteroatoms. The highest BCUT2D eigenvalue weighted by molar-refractivity contribution is 9.10. The highest BCUT2D eigenvalue weighted by atomic mass is 79.9. The highest BCUT2D eigenvalue weighted by Gasteiger charge is 2.11. The van der Waals surface area contributed by atoms with Crippen LogP contribution in [0.4, 0.5) is 5.69 Å². The van der Waals surface area contributed by atoms with Gasteiger partial charge in [0, 0.05) is 34.2 Å². The average Bonchev–Trinajstić information content (AvgIpc) is 2.46. The van der Waals surface area contributed by atoms with E-state index in [0.717, 1.165) is 15.6 Å². The Bertz CT molecular complexity index is 664. The summed E-state index contributed by atoms with van der Waals surface area (Å²) in [6.07, 6.45) is 0. The molecule has 21 heavy (non-hydrogen) atoms. The van der Waals surface area contributed by atoms with Crippen molar-refractivity contribution in [1.29, 1.82) is 0 Å². The molecule has 0 heterocycles. The molecule has 0 amide bonds. The number of benzene rings is 2. The SMILES string of the molecule is CC(NCc1ccc(Br)cc1Cl)c1cccc([N+](=O)[O-])c1. The summed E-state index contributed by atoms with van der Waals surface area (Å²) in [7, 11) is 0. The maximum absolute atomic E-state index is 10.8. The van der Waals surface area contributed by atoms with Crippen molar-refractivity contribution >= 4 is 33.2 Å². The first kappa shape index (κ1) is 15.9. The van der Waals surface area contributed by atoms with Crippen molar-refractivity contribution in [1.82, 2.24) is 5.32 Å². The minimum absolute atomic E-state index is 0.00962. The van der Waals surface area contributed by atoms with Crippen molar-refractivity contribution in [2.24, 2.45) is 0 Å². The number of nitrogens with one attached hydrogen (secondary N) is 1. The van der Waals surface area contributed by atoms with Crippen LogP contribution in [0.3, 0.4) is 0 Å². The second-order valence-electron chi connectivity index (χ2n) is 4.69. The van der Waals surface area contributed by atoms with Crippen molar-refractivity contribution in [2.75, 3.05) is 0 Å². The molecule has 2 aromatic carbocycles. The zero-order chi connectivity index (χ0) is 15.4. The first-order valence-corrected chi connectivity index (χ1v) is 7.56. The first-order valence-electron chi connectivity index (χ1n) is 6.39. The largest absolute Gasteiger partial charge is 0.306 e. The van der Waals surface area contributed by atoms with Gasteiger partial charge >= 0.3 is 0 Å². The predicted octanol–water partition coefficient (Wildman–Crippen LogP) is 4.86. The molecular weight excluding hydrogens is 356 g/mol. The summed E-state index contributed by atoms with van der Waals surface area (Å²) in [6.45, 7) is 2.56. The number of nitrogens with zero attached hydrogens (tertiary/aromatic N) is 1. The Balaban J connectivity index is 2.06. The zero-order valence-electron chi connectivity index (χ0n) is 11.3. The maximum atomic E-state index is 10.8. The third kappa shape index (κ3) is 4.27. The van der Waals surface area contributed by atoms with Crippen molar-refractivity contribution in [3.8, 4) is 0 Å². The maximum Gasteiger partial charge on any atom is 0.269 e. The molecule has 1 N–H and O–H groups in total. The van der Waals surface area contributed by atoms with Crippen LogP contribution in [0.2, 0.25) is 5.02 Å². The van der Waals surface area contributed by atoms with E-state index in [0.29, 0.717) is 11.6 Å². The zero-order valence-corrected chi connectivity index (χ0v) is 13.7. The topological polar surface area (TPSA) is 55.2 Å². The molecule has 2 aromatic rings. The normalized spacial score (nSPS) is 12.1. The van der Waals surface area contributed by atoms with Crippen LogP contribution in [-0.4, -0.2) is 4.92 Å². The smallest absolute Gasteiger partial charge is 0.269 e. The van der Waals surface area contributed by atoms with Crippen molar-refractivity contribution in [2.45, 2.75) is 19.5 Å². The molecule has 1 unspecified atom stereocenters. The van der Waals surface area contributed by atoms with Gasteiger partial charge in [-0.15, -0.1) is 0 Å². The minimum atomic E-state index is -0.387. The van der Waals surface area contributed by atoms with E-state index < -0.39 is 0 Å². The molecule has 2 rings (SSSR count). The Morgan fingerprint density at radius 1 is 1.33 bits per heavy atom. The molecule has 0 aromatic heterocycles. The van der Waals surface area contributed by atoms with E-state index in [1.54, 1.807) is 12.1 Å². The van der Waals surface area contributed by atoms with Crippen LogP contribution in [0.15, 0.2) is 46.9 Å². The van der Waals surface area contributed by atoms with Crippen LogP contribution >= 0.6 is 27.5 Å². The van der Waals surface area contributed by atoms with Gasteiger partial charge in [-0.2, -0.15) is 0 Å². The summed E-state index contributed by atoms with van der Waals surface area (Å²) < 4.78 is 0.933.